The number of anilines is 1. The Hall–Kier alpha value is -2.77. The van der Waals surface area contributed by atoms with Gasteiger partial charge < -0.3 is 10.1 Å². The highest BCUT2D eigenvalue weighted by Crippen LogP contribution is 2.36. The average molecular weight is 390 g/mol. The number of benzene rings is 1. The van der Waals surface area contributed by atoms with E-state index in [1.807, 2.05) is 26.0 Å². The second-order valence-electron chi connectivity index (χ2n) is 7.58. The Morgan fingerprint density at radius 1 is 1.36 bits per heavy atom. The quantitative estimate of drug-likeness (QED) is 0.435. The number of hydrogen-bond acceptors (Lipinski definition) is 6. The van der Waals surface area contributed by atoms with E-state index in [-0.39, 0.29) is 31.1 Å². The molecule has 28 heavy (non-hydrogen) atoms. The first-order valence-corrected chi connectivity index (χ1v) is 9.30. The average Bonchev–Trinajstić information content (AvgIpc) is 2.83. The van der Waals surface area contributed by atoms with E-state index < -0.39 is 34.7 Å². The molecule has 1 fully saturated rings. The number of hydrogen-bond donors (Lipinski definition) is 1. The number of ether oxygens (including phenoxy) is 1. The van der Waals surface area contributed by atoms with Crippen molar-refractivity contribution in [2.45, 2.75) is 46.6 Å². The number of nitrogens with one attached hydrogen (secondary N) is 1. The number of rotatable bonds is 7. The first-order chi connectivity index (χ1) is 13.1. The van der Waals surface area contributed by atoms with Crippen LogP contribution in [0.2, 0.25) is 0 Å². The zero-order chi connectivity index (χ0) is 21.0. The van der Waals surface area contributed by atoms with Crippen molar-refractivity contribution in [1.29, 1.82) is 0 Å². The third-order valence-electron chi connectivity index (χ3n) is 5.25. The summed E-state index contributed by atoms with van der Waals surface area (Å²) in [6.07, 6.45) is -1.07. The number of aryl methyl sites for hydroxylation is 2. The zero-order valence-electron chi connectivity index (χ0n) is 16.6. The summed E-state index contributed by atoms with van der Waals surface area (Å²) in [6, 6.07) is 5.56. The van der Waals surface area contributed by atoms with Gasteiger partial charge >= 0.3 is 5.97 Å². The highest BCUT2D eigenvalue weighted by Gasteiger charge is 2.44. The molecule has 0 heterocycles. The second kappa shape index (κ2) is 8.95. The third kappa shape index (κ3) is 5.37. The highest BCUT2D eigenvalue weighted by atomic mass is 16.6. The van der Waals surface area contributed by atoms with Gasteiger partial charge in [0, 0.05) is 28.9 Å². The molecule has 1 N–H and O–H groups in total. The van der Waals surface area contributed by atoms with Gasteiger partial charge in [0.15, 0.2) is 6.10 Å². The van der Waals surface area contributed by atoms with E-state index >= 15 is 0 Å². The summed E-state index contributed by atoms with van der Waals surface area (Å²) in [7, 11) is 0. The van der Waals surface area contributed by atoms with Gasteiger partial charge in [0.05, 0.1) is 6.42 Å². The molecule has 1 saturated carbocycles. The van der Waals surface area contributed by atoms with Crippen molar-refractivity contribution in [1.82, 2.24) is 0 Å². The van der Waals surface area contributed by atoms with E-state index in [1.165, 1.54) is 6.92 Å². The van der Waals surface area contributed by atoms with Crippen LogP contribution < -0.4 is 5.32 Å². The fourth-order valence-corrected chi connectivity index (χ4v) is 3.67. The van der Waals surface area contributed by atoms with E-state index in [0.29, 0.717) is 5.69 Å². The van der Waals surface area contributed by atoms with Crippen LogP contribution in [0.4, 0.5) is 5.69 Å². The summed E-state index contributed by atoms with van der Waals surface area (Å²) in [6.45, 7) is 6.68. The molecule has 1 aliphatic rings. The summed E-state index contributed by atoms with van der Waals surface area (Å²) in [5.74, 6) is -2.72. The Labute approximate surface area is 163 Å². The SMILES string of the molecule is Cc1ccc(NC(=O)[C@H](C)OC(=O)C[C@H]2C(=O)C[C@@H](C)[C@H]2C[N+](=O)[O-])c(C)c1. The van der Waals surface area contributed by atoms with Crippen LogP contribution >= 0.6 is 0 Å². The fourth-order valence-electron chi connectivity index (χ4n) is 3.67. The molecule has 0 aromatic heterocycles. The topological polar surface area (TPSA) is 116 Å². The molecule has 1 aromatic rings. The Bertz CT molecular complexity index is 791. The molecule has 1 amide bonds. The molecule has 1 aliphatic carbocycles. The lowest BCUT2D eigenvalue weighted by Crippen LogP contribution is -2.32. The number of nitrogens with zero attached hydrogens (tertiary/aromatic N) is 1. The van der Waals surface area contributed by atoms with Crippen molar-refractivity contribution in [3.63, 3.8) is 0 Å². The normalized spacial score (nSPS) is 22.6. The van der Waals surface area contributed by atoms with E-state index in [2.05, 4.69) is 5.32 Å². The summed E-state index contributed by atoms with van der Waals surface area (Å²) in [4.78, 5) is 47.1. The Balaban J connectivity index is 1.94. The molecular formula is C20H26N2O6. The molecule has 0 bridgehead atoms. The molecule has 0 spiro atoms. The van der Waals surface area contributed by atoms with Gasteiger partial charge in [-0.2, -0.15) is 0 Å². The lowest BCUT2D eigenvalue weighted by Gasteiger charge is -2.19. The van der Waals surface area contributed by atoms with Gasteiger partial charge in [-0.3, -0.25) is 24.5 Å². The molecule has 0 aliphatic heterocycles. The van der Waals surface area contributed by atoms with Crippen molar-refractivity contribution in [2.24, 2.45) is 17.8 Å². The molecule has 8 heteroatoms. The first kappa shape index (κ1) is 21.5. The standard InChI is InChI=1S/C20H26N2O6/c1-11-5-6-17(13(3)7-11)21-20(25)14(4)28-19(24)9-15-16(10-22(26)27)12(2)8-18(15)23/h5-7,12,14-16H,8-10H2,1-4H3,(H,21,25)/t12-,14+,15-,16-/m1/s1. The van der Waals surface area contributed by atoms with E-state index in [0.717, 1.165) is 11.1 Å². The van der Waals surface area contributed by atoms with Crippen LogP contribution in [-0.4, -0.2) is 35.2 Å². The number of nitro groups is 1. The minimum absolute atomic E-state index is 0.152. The maximum atomic E-state index is 12.3. The monoisotopic (exact) mass is 390 g/mol. The zero-order valence-corrected chi connectivity index (χ0v) is 16.6. The van der Waals surface area contributed by atoms with Gasteiger partial charge in [-0.1, -0.05) is 24.6 Å². The maximum Gasteiger partial charge on any atom is 0.307 e. The minimum atomic E-state index is -1.05. The van der Waals surface area contributed by atoms with Crippen LogP contribution in [0.15, 0.2) is 18.2 Å². The molecule has 8 nitrogen and oxygen atoms in total. The van der Waals surface area contributed by atoms with E-state index in [1.54, 1.807) is 13.0 Å². The minimum Gasteiger partial charge on any atom is -0.453 e. The molecule has 4 atom stereocenters. The summed E-state index contributed by atoms with van der Waals surface area (Å²) in [5.41, 5.74) is 2.58. The third-order valence-corrected chi connectivity index (χ3v) is 5.25. The summed E-state index contributed by atoms with van der Waals surface area (Å²) >= 11 is 0. The van der Waals surface area contributed by atoms with Crippen LogP contribution in [0.5, 0.6) is 0 Å². The second-order valence-corrected chi connectivity index (χ2v) is 7.58. The lowest BCUT2D eigenvalue weighted by atomic mass is 9.88. The first-order valence-electron chi connectivity index (χ1n) is 9.30. The van der Waals surface area contributed by atoms with Crippen LogP contribution in [0.3, 0.4) is 0 Å². The molecule has 0 saturated heterocycles. The molecule has 152 valence electrons. The Kier molecular flexibility index (Phi) is 6.88. The summed E-state index contributed by atoms with van der Waals surface area (Å²) < 4.78 is 5.17. The predicted octanol–water partition coefficient (Wildman–Crippen LogP) is 2.68. The van der Waals surface area contributed by atoms with Gasteiger partial charge in [0.25, 0.3) is 5.91 Å². The largest absolute Gasteiger partial charge is 0.453 e. The molecule has 0 unspecified atom stereocenters. The molecular weight excluding hydrogens is 364 g/mol. The number of carbonyl (C=O) groups is 3. The fraction of sp³-hybridized carbons (Fsp3) is 0.550. The number of esters is 1. The number of amides is 1. The van der Waals surface area contributed by atoms with E-state index in [4.69, 9.17) is 4.74 Å². The smallest absolute Gasteiger partial charge is 0.307 e. The summed E-state index contributed by atoms with van der Waals surface area (Å²) in [5, 5.41) is 13.6. The van der Waals surface area contributed by atoms with Gasteiger partial charge in [-0.15, -0.1) is 0 Å². The van der Waals surface area contributed by atoms with Gasteiger partial charge in [-0.05, 0) is 38.3 Å². The predicted molar refractivity (Wildman–Crippen MR) is 102 cm³/mol. The Morgan fingerprint density at radius 2 is 2.04 bits per heavy atom. The van der Waals surface area contributed by atoms with Crippen molar-refractivity contribution in [2.75, 3.05) is 11.9 Å². The van der Waals surface area contributed by atoms with Crippen molar-refractivity contribution in [3.05, 3.63) is 39.4 Å². The molecule has 0 radical (unpaired) electrons. The Morgan fingerprint density at radius 3 is 2.64 bits per heavy atom. The van der Waals surface area contributed by atoms with Crippen LogP contribution in [-0.2, 0) is 19.1 Å². The lowest BCUT2D eigenvalue weighted by molar-refractivity contribution is -0.490. The molecule has 2 rings (SSSR count). The van der Waals surface area contributed by atoms with Crippen LogP contribution in [0.1, 0.15) is 37.8 Å². The van der Waals surface area contributed by atoms with Crippen molar-refractivity contribution in [3.8, 4) is 0 Å². The van der Waals surface area contributed by atoms with Gasteiger partial charge in [0.1, 0.15) is 5.78 Å². The molecule has 1 aromatic carbocycles. The van der Waals surface area contributed by atoms with Gasteiger partial charge in [0.2, 0.25) is 6.54 Å². The maximum absolute atomic E-state index is 12.3. The van der Waals surface area contributed by atoms with Crippen LogP contribution in [0, 0.1) is 41.7 Å². The van der Waals surface area contributed by atoms with Crippen molar-refractivity contribution < 1.29 is 24.0 Å². The number of ketones is 1. The van der Waals surface area contributed by atoms with Crippen molar-refractivity contribution >= 4 is 23.3 Å². The van der Waals surface area contributed by atoms with E-state index in [9.17, 15) is 24.5 Å². The van der Waals surface area contributed by atoms with Gasteiger partial charge in [-0.25, -0.2) is 0 Å². The highest BCUT2D eigenvalue weighted by molar-refractivity contribution is 5.96. The number of carbonyl (C=O) groups excluding carboxylic acids is 3. The number of Topliss-reactive ketones (excluding diaryl/α,β-unsaturated/α-hetero) is 1. The van der Waals surface area contributed by atoms with Crippen LogP contribution in [0.25, 0.3) is 0 Å².